The van der Waals surface area contributed by atoms with Crippen molar-refractivity contribution in [3.8, 4) is 0 Å². The molecular formula is C11H16N2O2. The summed E-state index contributed by atoms with van der Waals surface area (Å²) in [5.74, 6) is -0.521. The molecule has 4 heteroatoms. The van der Waals surface area contributed by atoms with Crippen molar-refractivity contribution in [2.24, 2.45) is 11.7 Å². The largest absolute Gasteiger partial charge is 0.366 e. The molecule has 2 N–H and O–H groups in total. The van der Waals surface area contributed by atoms with Crippen molar-refractivity contribution in [3.05, 3.63) is 23.8 Å². The zero-order valence-corrected chi connectivity index (χ0v) is 9.06. The van der Waals surface area contributed by atoms with Gasteiger partial charge in [-0.15, -0.1) is 0 Å². The average molecular weight is 208 g/mol. The van der Waals surface area contributed by atoms with Crippen LogP contribution in [0.3, 0.4) is 0 Å². The lowest BCUT2D eigenvalue weighted by atomic mass is 9.95. The van der Waals surface area contributed by atoms with Gasteiger partial charge in [-0.3, -0.25) is 9.59 Å². The van der Waals surface area contributed by atoms with Crippen LogP contribution in [-0.4, -0.2) is 30.3 Å². The van der Waals surface area contributed by atoms with Crippen molar-refractivity contribution in [2.75, 3.05) is 13.6 Å². The molecule has 0 radical (unpaired) electrons. The SMILES string of the molecule is CCN(C)C(=O)C1C=CC(C(N)=O)=CC1. The van der Waals surface area contributed by atoms with E-state index in [1.807, 2.05) is 6.92 Å². The molecule has 0 bridgehead atoms. The normalized spacial score (nSPS) is 19.6. The monoisotopic (exact) mass is 208 g/mol. The second kappa shape index (κ2) is 4.77. The number of nitrogens with zero attached hydrogens (tertiary/aromatic N) is 1. The van der Waals surface area contributed by atoms with Gasteiger partial charge in [0.25, 0.3) is 0 Å². The number of primary amides is 1. The molecule has 0 aromatic rings. The van der Waals surface area contributed by atoms with Crippen LogP contribution in [0.25, 0.3) is 0 Å². The molecule has 1 rings (SSSR count). The number of amides is 2. The molecule has 82 valence electrons. The summed E-state index contributed by atoms with van der Waals surface area (Å²) in [7, 11) is 1.77. The number of carbonyl (C=O) groups is 2. The highest BCUT2D eigenvalue weighted by atomic mass is 16.2. The molecule has 2 amide bonds. The Morgan fingerprint density at radius 3 is 2.67 bits per heavy atom. The van der Waals surface area contributed by atoms with Crippen LogP contribution < -0.4 is 5.73 Å². The van der Waals surface area contributed by atoms with Gasteiger partial charge in [-0.25, -0.2) is 0 Å². The van der Waals surface area contributed by atoms with E-state index in [-0.39, 0.29) is 11.8 Å². The average Bonchev–Trinajstić information content (AvgIpc) is 2.27. The third kappa shape index (κ3) is 2.68. The predicted molar refractivity (Wildman–Crippen MR) is 57.8 cm³/mol. The first-order valence-electron chi connectivity index (χ1n) is 4.99. The standard InChI is InChI=1S/C11H16N2O2/c1-3-13(2)11(15)9-6-4-8(5-7-9)10(12)14/h4-6,9H,3,7H2,1-2H3,(H2,12,14). The fraction of sp³-hybridized carbons (Fsp3) is 0.455. The molecule has 1 aliphatic rings. The van der Waals surface area contributed by atoms with Crippen LogP contribution in [0.4, 0.5) is 0 Å². The summed E-state index contributed by atoms with van der Waals surface area (Å²) in [6.45, 7) is 2.62. The summed E-state index contributed by atoms with van der Waals surface area (Å²) in [6, 6.07) is 0. The van der Waals surface area contributed by atoms with E-state index in [2.05, 4.69) is 0 Å². The van der Waals surface area contributed by atoms with Crippen LogP contribution in [0.5, 0.6) is 0 Å². The fourth-order valence-corrected chi connectivity index (χ4v) is 1.43. The van der Waals surface area contributed by atoms with E-state index in [1.165, 1.54) is 0 Å². The molecule has 0 aromatic heterocycles. The van der Waals surface area contributed by atoms with Crippen molar-refractivity contribution in [1.29, 1.82) is 0 Å². The Kier molecular flexibility index (Phi) is 3.66. The van der Waals surface area contributed by atoms with Gasteiger partial charge >= 0.3 is 0 Å². The third-order valence-electron chi connectivity index (χ3n) is 2.55. The van der Waals surface area contributed by atoms with Crippen LogP contribution in [0.15, 0.2) is 23.8 Å². The summed E-state index contributed by atoms with van der Waals surface area (Å²) < 4.78 is 0. The molecular weight excluding hydrogens is 192 g/mol. The van der Waals surface area contributed by atoms with Crippen LogP contribution in [-0.2, 0) is 9.59 Å². The highest BCUT2D eigenvalue weighted by Crippen LogP contribution is 2.17. The molecule has 1 unspecified atom stereocenters. The zero-order chi connectivity index (χ0) is 11.4. The Labute approximate surface area is 89.4 Å². The Balaban J connectivity index is 2.63. The number of allylic oxidation sites excluding steroid dienone is 1. The van der Waals surface area contributed by atoms with E-state index in [4.69, 9.17) is 5.73 Å². The predicted octanol–water partition coefficient (Wildman–Crippen LogP) is 0.453. The number of rotatable bonds is 3. The van der Waals surface area contributed by atoms with E-state index >= 15 is 0 Å². The first kappa shape index (κ1) is 11.5. The lowest BCUT2D eigenvalue weighted by Crippen LogP contribution is -2.32. The van der Waals surface area contributed by atoms with E-state index in [9.17, 15) is 9.59 Å². The molecule has 0 saturated carbocycles. The highest BCUT2D eigenvalue weighted by Gasteiger charge is 2.20. The van der Waals surface area contributed by atoms with E-state index < -0.39 is 5.91 Å². The molecule has 15 heavy (non-hydrogen) atoms. The number of hydrogen-bond acceptors (Lipinski definition) is 2. The fourth-order valence-electron chi connectivity index (χ4n) is 1.43. The third-order valence-corrected chi connectivity index (χ3v) is 2.55. The van der Waals surface area contributed by atoms with Crippen molar-refractivity contribution in [1.82, 2.24) is 4.90 Å². The molecule has 4 nitrogen and oxygen atoms in total. The smallest absolute Gasteiger partial charge is 0.248 e. The van der Waals surface area contributed by atoms with Gasteiger partial charge in [-0.05, 0) is 13.3 Å². The van der Waals surface area contributed by atoms with Gasteiger partial charge in [0.1, 0.15) is 0 Å². The number of nitrogens with two attached hydrogens (primary N) is 1. The van der Waals surface area contributed by atoms with Gasteiger partial charge in [0.15, 0.2) is 0 Å². The topological polar surface area (TPSA) is 63.4 Å². The Hall–Kier alpha value is -1.58. The first-order chi connectivity index (χ1) is 7.06. The van der Waals surface area contributed by atoms with Crippen LogP contribution >= 0.6 is 0 Å². The van der Waals surface area contributed by atoms with Gasteiger partial charge in [0.2, 0.25) is 11.8 Å². The quantitative estimate of drug-likeness (QED) is 0.732. The van der Waals surface area contributed by atoms with Gasteiger partial charge in [-0.2, -0.15) is 0 Å². The number of hydrogen-bond donors (Lipinski definition) is 1. The van der Waals surface area contributed by atoms with Crippen molar-refractivity contribution < 1.29 is 9.59 Å². The van der Waals surface area contributed by atoms with E-state index in [0.717, 1.165) is 0 Å². The molecule has 0 spiro atoms. The van der Waals surface area contributed by atoms with Crippen LogP contribution in [0.2, 0.25) is 0 Å². The molecule has 1 aliphatic carbocycles. The first-order valence-corrected chi connectivity index (χ1v) is 4.99. The molecule has 0 aliphatic heterocycles. The minimum Gasteiger partial charge on any atom is -0.366 e. The minimum absolute atomic E-state index is 0.0773. The Bertz CT molecular complexity index is 331. The van der Waals surface area contributed by atoms with Gasteiger partial charge < -0.3 is 10.6 Å². The van der Waals surface area contributed by atoms with Crippen LogP contribution in [0, 0.1) is 5.92 Å². The molecule has 0 saturated heterocycles. The summed E-state index contributed by atoms with van der Waals surface area (Å²) in [5, 5.41) is 0. The van der Waals surface area contributed by atoms with Gasteiger partial charge in [0, 0.05) is 19.2 Å². The summed E-state index contributed by atoms with van der Waals surface area (Å²) in [6.07, 6.45) is 5.64. The lowest BCUT2D eigenvalue weighted by molar-refractivity contribution is -0.132. The second-order valence-electron chi connectivity index (χ2n) is 3.58. The molecule has 0 heterocycles. The minimum atomic E-state index is -0.444. The summed E-state index contributed by atoms with van der Waals surface area (Å²) in [4.78, 5) is 24.2. The van der Waals surface area contributed by atoms with Crippen molar-refractivity contribution >= 4 is 11.8 Å². The highest BCUT2D eigenvalue weighted by molar-refractivity contribution is 5.95. The maximum atomic E-state index is 11.7. The zero-order valence-electron chi connectivity index (χ0n) is 9.06. The number of carbonyl (C=O) groups excluding carboxylic acids is 2. The van der Waals surface area contributed by atoms with E-state index in [0.29, 0.717) is 18.5 Å². The Morgan fingerprint density at radius 2 is 2.27 bits per heavy atom. The van der Waals surface area contributed by atoms with Crippen molar-refractivity contribution in [2.45, 2.75) is 13.3 Å². The van der Waals surface area contributed by atoms with Gasteiger partial charge in [0.05, 0.1) is 5.92 Å². The van der Waals surface area contributed by atoms with Crippen molar-refractivity contribution in [3.63, 3.8) is 0 Å². The van der Waals surface area contributed by atoms with Crippen LogP contribution in [0.1, 0.15) is 13.3 Å². The Morgan fingerprint density at radius 1 is 1.60 bits per heavy atom. The summed E-state index contributed by atoms with van der Waals surface area (Å²) in [5.41, 5.74) is 5.61. The van der Waals surface area contributed by atoms with Gasteiger partial charge in [-0.1, -0.05) is 18.2 Å². The molecule has 0 fully saturated rings. The van der Waals surface area contributed by atoms with E-state index in [1.54, 1.807) is 30.2 Å². The summed E-state index contributed by atoms with van der Waals surface area (Å²) >= 11 is 0. The molecule has 1 atom stereocenters. The second-order valence-corrected chi connectivity index (χ2v) is 3.58. The maximum absolute atomic E-state index is 11.7. The molecule has 0 aromatic carbocycles. The maximum Gasteiger partial charge on any atom is 0.248 e. The lowest BCUT2D eigenvalue weighted by Gasteiger charge is -2.21.